The second-order valence-electron chi connectivity index (χ2n) is 16.1. The zero-order valence-electron chi connectivity index (χ0n) is 27.7. The Labute approximate surface area is 287 Å². The molecule has 1 spiro atoms. The van der Waals surface area contributed by atoms with Crippen molar-refractivity contribution in [1.82, 2.24) is 26.2 Å². The summed E-state index contributed by atoms with van der Waals surface area (Å²) in [6.45, 7) is 13.3. The number of amides is 5. The van der Waals surface area contributed by atoms with Gasteiger partial charge in [-0.05, 0) is 86.4 Å². The largest absolute Gasteiger partial charge is 0.349 e. The summed E-state index contributed by atoms with van der Waals surface area (Å²) in [7, 11) is 0. The van der Waals surface area contributed by atoms with Crippen molar-refractivity contribution < 1.29 is 24.0 Å². The van der Waals surface area contributed by atoms with E-state index in [-0.39, 0.29) is 42.4 Å². The fourth-order valence-electron chi connectivity index (χ4n) is 9.86. The second-order valence-corrected chi connectivity index (χ2v) is 17.6. The Balaban J connectivity index is 1.16. The monoisotopic (exact) mass is 689 g/mol. The van der Waals surface area contributed by atoms with Crippen molar-refractivity contribution in [3.8, 4) is 0 Å². The average Bonchev–Trinajstić information content (AvgIpc) is 3.64. The van der Waals surface area contributed by atoms with Crippen molar-refractivity contribution >= 4 is 52.7 Å². The predicted octanol–water partition coefficient (Wildman–Crippen LogP) is 4.01. The summed E-state index contributed by atoms with van der Waals surface area (Å²) < 4.78 is -1.20. The molecule has 5 unspecified atom stereocenters. The third kappa shape index (κ3) is 5.79. The molecule has 0 aromatic heterocycles. The van der Waals surface area contributed by atoms with Crippen LogP contribution in [0.25, 0.3) is 0 Å². The molecule has 47 heavy (non-hydrogen) atoms. The van der Waals surface area contributed by atoms with E-state index in [1.807, 2.05) is 20.8 Å². The molecule has 6 aliphatic rings. The Morgan fingerprint density at radius 3 is 2.40 bits per heavy atom. The van der Waals surface area contributed by atoms with Crippen LogP contribution in [0.4, 0.5) is 4.79 Å². The number of Topliss-reactive ketones (excluding diaryl/α,β-unsaturated/α-hetero) is 1. The van der Waals surface area contributed by atoms with Gasteiger partial charge in [-0.25, -0.2) is 4.79 Å². The summed E-state index contributed by atoms with van der Waals surface area (Å²) in [6, 6.07) is -3.46. The molecular formula is C35H49Cl2N5O5. The van der Waals surface area contributed by atoms with Crippen LogP contribution in [0.15, 0.2) is 25.3 Å². The van der Waals surface area contributed by atoms with Crippen LogP contribution in [-0.4, -0.2) is 75.5 Å². The fraction of sp³-hybridized carbons (Fsp3) is 0.743. The van der Waals surface area contributed by atoms with Crippen molar-refractivity contribution in [2.75, 3.05) is 13.1 Å². The van der Waals surface area contributed by atoms with Gasteiger partial charge < -0.3 is 26.2 Å². The molecule has 0 radical (unpaired) electrons. The molecule has 1 heterocycles. The maximum Gasteiger partial charge on any atom is 0.315 e. The molecule has 4 N–H and O–H groups in total. The Kier molecular flexibility index (Phi) is 8.81. The van der Waals surface area contributed by atoms with E-state index in [9.17, 15) is 24.0 Å². The molecule has 10 nitrogen and oxygen atoms in total. The SMILES string of the molecule is C=CCCCC(NC(=O)[C@@H]1[C@@H]2[C@H](CN1C(=O)[C@@H](NC(=O)N[C@]13CC4CC5CC1(C3)C5C4)C(C)(C)C)C2(Cl)Cl)C(=O)C(=O)NCCC=C. The first-order valence-corrected chi connectivity index (χ1v) is 18.0. The van der Waals surface area contributed by atoms with Crippen LogP contribution in [-0.2, 0) is 19.2 Å². The van der Waals surface area contributed by atoms with Crippen molar-refractivity contribution in [3.05, 3.63) is 25.3 Å². The van der Waals surface area contributed by atoms with E-state index in [2.05, 4.69) is 34.4 Å². The number of nitrogens with one attached hydrogen (secondary N) is 4. The highest BCUT2D eigenvalue weighted by Gasteiger charge is 2.81. The van der Waals surface area contributed by atoms with E-state index in [1.165, 1.54) is 24.2 Å². The van der Waals surface area contributed by atoms with Gasteiger partial charge in [-0.15, -0.1) is 36.4 Å². The first-order valence-electron chi connectivity index (χ1n) is 17.2. The minimum atomic E-state index is -1.20. The molecule has 2 bridgehead atoms. The summed E-state index contributed by atoms with van der Waals surface area (Å²) in [4.78, 5) is 69.2. The molecule has 0 aromatic rings. The maximum absolute atomic E-state index is 14.3. The lowest BCUT2D eigenvalue weighted by atomic mass is 9.60. The molecule has 5 saturated carbocycles. The third-order valence-electron chi connectivity index (χ3n) is 12.2. The predicted molar refractivity (Wildman–Crippen MR) is 179 cm³/mol. The minimum absolute atomic E-state index is 0.138. The number of urea groups is 1. The molecule has 1 saturated heterocycles. The van der Waals surface area contributed by atoms with Gasteiger partial charge in [0.1, 0.15) is 16.4 Å². The van der Waals surface area contributed by atoms with E-state index in [0.29, 0.717) is 31.1 Å². The number of rotatable bonds is 14. The van der Waals surface area contributed by atoms with Gasteiger partial charge in [0.05, 0.1) is 6.04 Å². The lowest BCUT2D eigenvalue weighted by molar-refractivity contribution is -0.144. The van der Waals surface area contributed by atoms with E-state index in [0.717, 1.165) is 18.8 Å². The number of likely N-dealkylation sites (tertiary alicyclic amines) is 1. The van der Waals surface area contributed by atoms with E-state index < -0.39 is 57.3 Å². The normalized spacial score (nSPS) is 36.0. The van der Waals surface area contributed by atoms with Gasteiger partial charge in [0.2, 0.25) is 17.6 Å². The van der Waals surface area contributed by atoms with Crippen molar-refractivity contribution in [2.45, 2.75) is 107 Å². The number of allylic oxidation sites excluding steroid dienone is 1. The molecule has 5 amide bonds. The number of hydrogen-bond donors (Lipinski definition) is 4. The van der Waals surface area contributed by atoms with E-state index in [1.54, 1.807) is 12.2 Å². The Morgan fingerprint density at radius 2 is 1.72 bits per heavy atom. The highest BCUT2D eigenvalue weighted by atomic mass is 35.5. The van der Waals surface area contributed by atoms with Crippen LogP contribution in [0.2, 0.25) is 0 Å². The summed E-state index contributed by atoms with van der Waals surface area (Å²) in [6.07, 6.45) is 10.9. The molecule has 6 fully saturated rings. The van der Waals surface area contributed by atoms with Gasteiger partial charge in [0, 0.05) is 30.5 Å². The minimum Gasteiger partial charge on any atom is -0.349 e. The Bertz CT molecular complexity index is 1380. The number of alkyl halides is 2. The summed E-state index contributed by atoms with van der Waals surface area (Å²) in [5.74, 6) is -1.28. The van der Waals surface area contributed by atoms with Crippen LogP contribution in [0.5, 0.6) is 0 Å². The van der Waals surface area contributed by atoms with Crippen LogP contribution < -0.4 is 21.3 Å². The fourth-order valence-corrected chi connectivity index (χ4v) is 10.7. The van der Waals surface area contributed by atoms with Gasteiger partial charge in [-0.3, -0.25) is 19.2 Å². The Morgan fingerprint density at radius 1 is 1.00 bits per heavy atom. The van der Waals surface area contributed by atoms with Gasteiger partial charge in [0.15, 0.2) is 0 Å². The standard InChI is InChI=1S/C35H49Cl2N5O5/c1-6-8-10-11-23(26(43)29(45)38-12-9-7-2)39-28(44)25-24-22(35(24,36)37)17-42(25)30(46)27(32(3,4)5)40-31(47)41-34-15-19-13-20-16-33(34,18-34)21(20)14-19/h6-7,19-25,27H,1-2,8-18H2,3-5H3,(H,38,45)(H,39,44)(H2,40,41,47)/t19?,20?,21?,22-,23?,24-,25-,27+,33?,34-/m0/s1. The average molecular weight is 691 g/mol. The molecule has 12 heteroatoms. The molecule has 6 rings (SSSR count). The molecule has 258 valence electrons. The smallest absolute Gasteiger partial charge is 0.315 e. The van der Waals surface area contributed by atoms with Crippen molar-refractivity contribution in [1.29, 1.82) is 0 Å². The number of piperidine rings is 1. The topological polar surface area (TPSA) is 137 Å². The molecule has 10 atom stereocenters. The number of carbonyl (C=O) groups is 5. The van der Waals surface area contributed by atoms with E-state index in [4.69, 9.17) is 23.2 Å². The van der Waals surface area contributed by atoms with E-state index >= 15 is 0 Å². The number of ketones is 1. The van der Waals surface area contributed by atoms with Crippen molar-refractivity contribution in [3.63, 3.8) is 0 Å². The van der Waals surface area contributed by atoms with Crippen LogP contribution in [0.3, 0.4) is 0 Å². The zero-order chi connectivity index (χ0) is 34.1. The van der Waals surface area contributed by atoms with Crippen LogP contribution in [0, 0.1) is 40.4 Å². The molecule has 0 aromatic carbocycles. The molecule has 5 aliphatic carbocycles. The molecule has 1 aliphatic heterocycles. The van der Waals surface area contributed by atoms with Crippen LogP contribution in [0.1, 0.15) is 78.6 Å². The summed E-state index contributed by atoms with van der Waals surface area (Å²) >= 11 is 13.2. The quantitative estimate of drug-likeness (QED) is 0.0946. The second kappa shape index (κ2) is 12.1. The van der Waals surface area contributed by atoms with Crippen molar-refractivity contribution in [2.24, 2.45) is 40.4 Å². The van der Waals surface area contributed by atoms with Gasteiger partial charge in [0.25, 0.3) is 5.91 Å². The first-order chi connectivity index (χ1) is 22.1. The highest BCUT2D eigenvalue weighted by Crippen LogP contribution is 2.82. The number of fused-ring (bicyclic) bond motifs is 2. The number of carbonyl (C=O) groups excluding carboxylic acids is 5. The lowest BCUT2D eigenvalue weighted by Crippen LogP contribution is -2.62. The number of unbranched alkanes of at least 4 members (excludes halogenated alkanes) is 1. The lowest BCUT2D eigenvalue weighted by Gasteiger charge is -2.46. The number of hydrogen-bond acceptors (Lipinski definition) is 5. The first kappa shape index (κ1) is 34.3. The summed E-state index contributed by atoms with van der Waals surface area (Å²) in [5, 5.41) is 11.6. The van der Waals surface area contributed by atoms with Gasteiger partial charge in [-0.1, -0.05) is 32.9 Å². The maximum atomic E-state index is 14.3. The number of halogens is 2. The number of nitrogens with zero attached hydrogens (tertiary/aromatic N) is 1. The van der Waals surface area contributed by atoms with Crippen LogP contribution >= 0.6 is 23.2 Å². The van der Waals surface area contributed by atoms with Gasteiger partial charge >= 0.3 is 6.03 Å². The third-order valence-corrected chi connectivity index (χ3v) is 13.3. The molecular weight excluding hydrogens is 641 g/mol. The highest BCUT2D eigenvalue weighted by molar-refractivity contribution is 6.51. The summed E-state index contributed by atoms with van der Waals surface area (Å²) in [5.41, 5.74) is -0.627. The van der Waals surface area contributed by atoms with Gasteiger partial charge in [-0.2, -0.15) is 0 Å². The zero-order valence-corrected chi connectivity index (χ0v) is 29.2. The Hall–Kier alpha value is -2.59.